The van der Waals surface area contributed by atoms with Crippen LogP contribution in [0.15, 0.2) is 24.7 Å². The number of aliphatic hydroxyl groups excluding tert-OH is 2. The van der Waals surface area contributed by atoms with Gasteiger partial charge in [0.05, 0.1) is 24.4 Å². The molecular weight excluding hydrogens is 224 g/mol. The lowest BCUT2D eigenvalue weighted by Gasteiger charge is -2.15. The Morgan fingerprint density at radius 2 is 2.24 bits per heavy atom. The number of primary amides is 1. The molecule has 0 saturated heterocycles. The van der Waals surface area contributed by atoms with E-state index < -0.39 is 18.1 Å². The quantitative estimate of drug-likeness (QED) is 0.630. The molecule has 2 aromatic heterocycles. The average molecular weight is 236 g/mol. The smallest absolute Gasteiger partial charge is 0.233 e. The highest BCUT2D eigenvalue weighted by Gasteiger charge is 2.23. The van der Waals surface area contributed by atoms with Crippen molar-refractivity contribution in [2.24, 2.45) is 5.73 Å². The van der Waals surface area contributed by atoms with Gasteiger partial charge in [-0.1, -0.05) is 0 Å². The van der Waals surface area contributed by atoms with E-state index in [4.69, 9.17) is 5.73 Å². The Bertz CT molecular complexity index is 539. The van der Waals surface area contributed by atoms with E-state index in [0.717, 1.165) is 0 Å². The predicted molar refractivity (Wildman–Crippen MR) is 57.8 cm³/mol. The van der Waals surface area contributed by atoms with Gasteiger partial charge in [0.25, 0.3) is 0 Å². The van der Waals surface area contributed by atoms with E-state index in [1.807, 2.05) is 0 Å². The normalized spacial score (nSPS) is 14.7. The first-order valence-electron chi connectivity index (χ1n) is 5.02. The van der Waals surface area contributed by atoms with Gasteiger partial charge in [-0.25, -0.2) is 9.97 Å². The number of hydrogen-bond acceptors (Lipinski definition) is 5. The van der Waals surface area contributed by atoms with Crippen LogP contribution < -0.4 is 5.73 Å². The molecule has 0 fully saturated rings. The van der Waals surface area contributed by atoms with Crippen molar-refractivity contribution >= 4 is 11.7 Å². The van der Waals surface area contributed by atoms with Crippen LogP contribution in [-0.2, 0) is 4.79 Å². The molecule has 2 unspecified atom stereocenters. The molecule has 2 aromatic rings. The summed E-state index contributed by atoms with van der Waals surface area (Å²) in [4.78, 5) is 18.6. The molecule has 0 bridgehead atoms. The Labute approximate surface area is 96.5 Å². The van der Waals surface area contributed by atoms with Crippen molar-refractivity contribution in [2.45, 2.75) is 18.6 Å². The Balaban J connectivity index is 2.30. The Kier molecular flexibility index (Phi) is 3.03. The molecule has 17 heavy (non-hydrogen) atoms. The van der Waals surface area contributed by atoms with Crippen molar-refractivity contribution in [1.82, 2.24) is 14.4 Å². The lowest BCUT2D eigenvalue weighted by atomic mass is 10.1. The number of amides is 1. The summed E-state index contributed by atoms with van der Waals surface area (Å²) >= 11 is 0. The molecule has 1 amide bonds. The van der Waals surface area contributed by atoms with Crippen LogP contribution in [0.25, 0.3) is 5.78 Å². The monoisotopic (exact) mass is 236 g/mol. The van der Waals surface area contributed by atoms with Crippen molar-refractivity contribution in [3.05, 3.63) is 30.4 Å². The van der Waals surface area contributed by atoms with E-state index in [1.54, 1.807) is 18.5 Å². The maximum atomic E-state index is 10.7. The summed E-state index contributed by atoms with van der Waals surface area (Å²) in [5.74, 6) is -0.267. The van der Waals surface area contributed by atoms with Gasteiger partial charge in [0, 0.05) is 12.4 Å². The fourth-order valence-corrected chi connectivity index (χ4v) is 1.58. The standard InChI is InChI=1S/C10H12N4O3/c11-8(16)4-7(15)9(17)6-5-13-10-12-2-1-3-14(6)10/h1-3,5,7,9,15,17H,4H2,(H2,11,16). The highest BCUT2D eigenvalue weighted by Crippen LogP contribution is 2.19. The number of nitrogens with zero attached hydrogens (tertiary/aromatic N) is 3. The third-order valence-corrected chi connectivity index (χ3v) is 2.39. The van der Waals surface area contributed by atoms with Gasteiger partial charge in [-0.3, -0.25) is 9.20 Å². The Hall–Kier alpha value is -1.99. The fourth-order valence-electron chi connectivity index (χ4n) is 1.58. The zero-order valence-electron chi connectivity index (χ0n) is 8.89. The molecule has 0 aliphatic heterocycles. The molecule has 2 rings (SSSR count). The minimum absolute atomic E-state index is 0.311. The minimum atomic E-state index is -1.26. The summed E-state index contributed by atoms with van der Waals surface area (Å²) < 4.78 is 1.54. The fraction of sp³-hybridized carbons (Fsp3) is 0.300. The SMILES string of the molecule is NC(=O)CC(O)C(O)c1cnc2ncccn12. The second-order valence-electron chi connectivity index (χ2n) is 3.66. The summed E-state index contributed by atoms with van der Waals surface area (Å²) in [5.41, 5.74) is 5.32. The van der Waals surface area contributed by atoms with Gasteiger partial charge in [-0.15, -0.1) is 0 Å². The topological polar surface area (TPSA) is 114 Å². The third kappa shape index (κ3) is 2.24. The molecule has 0 aromatic carbocycles. The molecule has 4 N–H and O–H groups in total. The van der Waals surface area contributed by atoms with Gasteiger partial charge in [-0.05, 0) is 6.07 Å². The minimum Gasteiger partial charge on any atom is -0.389 e. The molecule has 0 radical (unpaired) electrons. The van der Waals surface area contributed by atoms with Crippen LogP contribution in [0.4, 0.5) is 0 Å². The zero-order valence-corrected chi connectivity index (χ0v) is 8.89. The Morgan fingerprint density at radius 3 is 2.94 bits per heavy atom. The van der Waals surface area contributed by atoms with Crippen molar-refractivity contribution in [3.8, 4) is 0 Å². The average Bonchev–Trinajstić information content (AvgIpc) is 2.70. The van der Waals surface area contributed by atoms with E-state index >= 15 is 0 Å². The van der Waals surface area contributed by atoms with E-state index in [2.05, 4.69) is 9.97 Å². The molecule has 0 spiro atoms. The maximum absolute atomic E-state index is 10.7. The summed E-state index contributed by atoms with van der Waals surface area (Å²) in [7, 11) is 0. The first-order valence-corrected chi connectivity index (χ1v) is 5.02. The van der Waals surface area contributed by atoms with Crippen molar-refractivity contribution in [2.75, 3.05) is 0 Å². The number of aromatic nitrogens is 3. The van der Waals surface area contributed by atoms with Gasteiger partial charge in [0.15, 0.2) is 0 Å². The molecular formula is C10H12N4O3. The molecule has 0 aliphatic carbocycles. The summed E-state index contributed by atoms with van der Waals surface area (Å²) in [6, 6.07) is 1.67. The van der Waals surface area contributed by atoms with E-state index in [1.165, 1.54) is 10.6 Å². The number of aliphatic hydroxyl groups is 2. The first-order chi connectivity index (χ1) is 8.09. The maximum Gasteiger partial charge on any atom is 0.233 e. The van der Waals surface area contributed by atoms with Crippen LogP contribution >= 0.6 is 0 Å². The second kappa shape index (κ2) is 4.48. The Morgan fingerprint density at radius 1 is 1.47 bits per heavy atom. The highest BCUT2D eigenvalue weighted by molar-refractivity contribution is 5.74. The van der Waals surface area contributed by atoms with E-state index in [-0.39, 0.29) is 6.42 Å². The lowest BCUT2D eigenvalue weighted by molar-refractivity contribution is -0.121. The lowest BCUT2D eigenvalue weighted by Crippen LogP contribution is -2.26. The van der Waals surface area contributed by atoms with Crippen LogP contribution in [-0.4, -0.2) is 36.6 Å². The van der Waals surface area contributed by atoms with Crippen LogP contribution in [0.1, 0.15) is 18.2 Å². The number of rotatable bonds is 4. The van der Waals surface area contributed by atoms with Crippen LogP contribution in [0.5, 0.6) is 0 Å². The van der Waals surface area contributed by atoms with Crippen LogP contribution in [0.3, 0.4) is 0 Å². The molecule has 90 valence electrons. The summed E-state index contributed by atoms with van der Waals surface area (Å²) in [6.07, 6.45) is 1.82. The van der Waals surface area contributed by atoms with Gasteiger partial charge in [0.2, 0.25) is 11.7 Å². The zero-order chi connectivity index (χ0) is 12.4. The van der Waals surface area contributed by atoms with Crippen LogP contribution in [0, 0.1) is 0 Å². The molecule has 7 heteroatoms. The number of imidazole rings is 1. The molecule has 0 saturated carbocycles. The van der Waals surface area contributed by atoms with E-state index in [9.17, 15) is 15.0 Å². The second-order valence-corrected chi connectivity index (χ2v) is 3.66. The number of fused-ring (bicyclic) bond motifs is 1. The number of nitrogens with two attached hydrogens (primary N) is 1. The van der Waals surface area contributed by atoms with Gasteiger partial charge in [0.1, 0.15) is 6.10 Å². The number of hydrogen-bond donors (Lipinski definition) is 3. The van der Waals surface area contributed by atoms with Crippen molar-refractivity contribution in [3.63, 3.8) is 0 Å². The highest BCUT2D eigenvalue weighted by atomic mass is 16.3. The summed E-state index contributed by atoms with van der Waals surface area (Å²) in [6.45, 7) is 0. The first kappa shape index (κ1) is 11.5. The van der Waals surface area contributed by atoms with E-state index in [0.29, 0.717) is 11.5 Å². The molecule has 2 heterocycles. The van der Waals surface area contributed by atoms with Crippen molar-refractivity contribution < 1.29 is 15.0 Å². The largest absolute Gasteiger partial charge is 0.389 e. The molecule has 2 atom stereocenters. The summed E-state index contributed by atoms with van der Waals surface area (Å²) in [5, 5.41) is 19.5. The van der Waals surface area contributed by atoms with Crippen LogP contribution in [0.2, 0.25) is 0 Å². The molecule has 7 nitrogen and oxygen atoms in total. The van der Waals surface area contributed by atoms with Crippen molar-refractivity contribution in [1.29, 1.82) is 0 Å². The van der Waals surface area contributed by atoms with Gasteiger partial charge < -0.3 is 15.9 Å². The van der Waals surface area contributed by atoms with Gasteiger partial charge >= 0.3 is 0 Å². The van der Waals surface area contributed by atoms with Gasteiger partial charge in [-0.2, -0.15) is 0 Å². The molecule has 0 aliphatic rings. The third-order valence-electron chi connectivity index (χ3n) is 2.39. The number of carbonyl (C=O) groups is 1. The predicted octanol–water partition coefficient (Wildman–Crippen LogP) is -1.00. The number of carbonyl (C=O) groups excluding carboxylic acids is 1.